The van der Waals surface area contributed by atoms with Gasteiger partial charge in [-0.25, -0.2) is 18.7 Å². The van der Waals surface area contributed by atoms with Crippen LogP contribution in [0.25, 0.3) is 11.1 Å². The topological polar surface area (TPSA) is 77.0 Å². The van der Waals surface area contributed by atoms with Crippen molar-refractivity contribution in [3.8, 4) is 11.1 Å². The van der Waals surface area contributed by atoms with Crippen LogP contribution in [0.1, 0.15) is 18.2 Å². The Morgan fingerprint density at radius 1 is 1.14 bits per heavy atom. The molecule has 1 atom stereocenters. The van der Waals surface area contributed by atoms with Crippen molar-refractivity contribution in [1.29, 1.82) is 0 Å². The number of halogens is 2. The third kappa shape index (κ3) is 5.31. The zero-order valence-electron chi connectivity index (χ0n) is 16.0. The lowest BCUT2D eigenvalue weighted by atomic mass is 10.0. The second-order valence-corrected chi connectivity index (χ2v) is 6.54. The van der Waals surface area contributed by atoms with E-state index in [1.54, 1.807) is 12.3 Å². The third-order valence-corrected chi connectivity index (χ3v) is 4.28. The number of anilines is 1. The van der Waals surface area contributed by atoms with Gasteiger partial charge in [-0.3, -0.25) is 9.78 Å². The number of ether oxygens (including phenoxy) is 1. The summed E-state index contributed by atoms with van der Waals surface area (Å²) in [7, 11) is 1.30. The van der Waals surface area contributed by atoms with E-state index in [-0.39, 0.29) is 18.3 Å². The Bertz CT molecular complexity index is 996. The number of hydrogen-bond acceptors (Lipinski definition) is 6. The second kappa shape index (κ2) is 9.18. The molecule has 8 heteroatoms. The van der Waals surface area contributed by atoms with Gasteiger partial charge in [0.1, 0.15) is 11.6 Å². The Balaban J connectivity index is 1.71. The smallest absolute Gasteiger partial charge is 0.309 e. The van der Waals surface area contributed by atoms with Gasteiger partial charge in [-0.1, -0.05) is 6.07 Å². The number of methoxy groups -OCH3 is 1. The van der Waals surface area contributed by atoms with Gasteiger partial charge in [0.25, 0.3) is 0 Å². The number of nitrogens with one attached hydrogen (secondary N) is 1. The molecule has 2 heterocycles. The Labute approximate surface area is 167 Å². The highest BCUT2D eigenvalue weighted by molar-refractivity contribution is 5.73. The summed E-state index contributed by atoms with van der Waals surface area (Å²) < 4.78 is 32.6. The van der Waals surface area contributed by atoms with Crippen molar-refractivity contribution in [1.82, 2.24) is 15.0 Å². The molecule has 0 saturated carbocycles. The van der Waals surface area contributed by atoms with Crippen LogP contribution in [0.15, 0.2) is 48.9 Å². The summed E-state index contributed by atoms with van der Waals surface area (Å²) in [5.74, 6) is -0.873. The first-order chi connectivity index (χ1) is 14.0. The number of hydrogen-bond donors (Lipinski definition) is 1. The highest BCUT2D eigenvalue weighted by atomic mass is 19.1. The number of nitrogens with zero attached hydrogens (tertiary/aromatic N) is 3. The Hall–Kier alpha value is -3.42. The van der Waals surface area contributed by atoms with E-state index >= 15 is 0 Å². The van der Waals surface area contributed by atoms with Crippen LogP contribution in [-0.4, -0.2) is 34.1 Å². The minimum Gasteiger partial charge on any atom is -0.469 e. The van der Waals surface area contributed by atoms with Crippen molar-refractivity contribution in [3.05, 3.63) is 71.8 Å². The highest BCUT2D eigenvalue weighted by Gasteiger charge is 2.12. The molecule has 0 saturated heterocycles. The summed E-state index contributed by atoms with van der Waals surface area (Å²) >= 11 is 0. The van der Waals surface area contributed by atoms with Crippen molar-refractivity contribution in [2.45, 2.75) is 25.8 Å². The number of esters is 1. The first-order valence-corrected chi connectivity index (χ1v) is 9.00. The summed E-state index contributed by atoms with van der Waals surface area (Å²) in [5.41, 5.74) is 1.75. The monoisotopic (exact) mass is 398 g/mol. The molecule has 29 heavy (non-hydrogen) atoms. The van der Waals surface area contributed by atoms with E-state index in [1.807, 2.05) is 6.92 Å². The molecular weight excluding hydrogens is 378 g/mol. The molecule has 150 valence electrons. The zero-order valence-corrected chi connectivity index (χ0v) is 16.0. The van der Waals surface area contributed by atoms with Gasteiger partial charge in [0, 0.05) is 42.2 Å². The fourth-order valence-corrected chi connectivity index (χ4v) is 2.81. The number of rotatable bonds is 7. The molecule has 1 unspecified atom stereocenters. The fourth-order valence-electron chi connectivity index (χ4n) is 2.81. The highest BCUT2D eigenvalue weighted by Crippen LogP contribution is 2.24. The van der Waals surface area contributed by atoms with Crippen molar-refractivity contribution in [2.75, 3.05) is 12.4 Å². The molecule has 0 aliphatic carbocycles. The van der Waals surface area contributed by atoms with E-state index in [4.69, 9.17) is 0 Å². The molecule has 1 aromatic carbocycles. The van der Waals surface area contributed by atoms with Gasteiger partial charge in [-0.15, -0.1) is 0 Å². The Kier molecular flexibility index (Phi) is 6.43. The lowest BCUT2D eigenvalue weighted by Crippen LogP contribution is -2.21. The van der Waals surface area contributed by atoms with Gasteiger partial charge in [-0.2, -0.15) is 0 Å². The Morgan fingerprint density at radius 3 is 2.59 bits per heavy atom. The van der Waals surface area contributed by atoms with Crippen molar-refractivity contribution >= 4 is 11.9 Å². The van der Waals surface area contributed by atoms with Crippen LogP contribution in [0.3, 0.4) is 0 Å². The van der Waals surface area contributed by atoms with Gasteiger partial charge in [0.2, 0.25) is 5.95 Å². The fraction of sp³-hybridized carbons (Fsp3) is 0.238. The first kappa shape index (κ1) is 20.3. The molecule has 0 bridgehead atoms. The predicted octanol–water partition coefficient (Wildman–Crippen LogP) is 3.58. The summed E-state index contributed by atoms with van der Waals surface area (Å²) in [5, 5.41) is 3.07. The van der Waals surface area contributed by atoms with Crippen LogP contribution in [0.4, 0.5) is 14.7 Å². The summed E-state index contributed by atoms with van der Waals surface area (Å²) in [6.07, 6.45) is 4.93. The number of carbonyl (C=O) groups excluding carboxylic acids is 1. The van der Waals surface area contributed by atoms with E-state index in [1.165, 1.54) is 43.8 Å². The summed E-state index contributed by atoms with van der Waals surface area (Å²) in [4.78, 5) is 23.9. The van der Waals surface area contributed by atoms with Crippen molar-refractivity contribution in [2.24, 2.45) is 0 Å². The second-order valence-electron chi connectivity index (χ2n) is 6.54. The van der Waals surface area contributed by atoms with E-state index in [0.717, 1.165) is 0 Å². The first-order valence-electron chi connectivity index (χ1n) is 9.00. The molecule has 1 N–H and O–H groups in total. The SMILES string of the molecule is COC(=O)Cc1ccc(F)c(-c2cnc(NC(C)Cc3ncccc3F)nc2)c1. The zero-order chi connectivity index (χ0) is 20.8. The van der Waals surface area contributed by atoms with Crippen LogP contribution >= 0.6 is 0 Å². The van der Waals surface area contributed by atoms with Crippen LogP contribution in [0.5, 0.6) is 0 Å². The van der Waals surface area contributed by atoms with Gasteiger partial charge < -0.3 is 10.1 Å². The average Bonchev–Trinajstić information content (AvgIpc) is 2.71. The number of benzene rings is 1. The van der Waals surface area contributed by atoms with Crippen LogP contribution in [-0.2, 0) is 22.4 Å². The standard InChI is InChI=1S/C21H20F2N4O2/c1-13(8-19-18(23)4-3-7-24-19)27-21-25-11-15(12-26-21)16-9-14(5-6-17(16)22)10-20(28)29-2/h3-7,9,11-13H,8,10H2,1-2H3,(H,25,26,27). The maximum atomic E-state index is 14.2. The lowest BCUT2D eigenvalue weighted by molar-refractivity contribution is -0.139. The van der Waals surface area contributed by atoms with E-state index in [0.29, 0.717) is 34.8 Å². The molecule has 2 aromatic heterocycles. The third-order valence-electron chi connectivity index (χ3n) is 4.28. The molecule has 0 aliphatic rings. The van der Waals surface area contributed by atoms with E-state index in [9.17, 15) is 13.6 Å². The number of pyridine rings is 1. The summed E-state index contributed by atoms with van der Waals surface area (Å²) in [6.45, 7) is 1.86. The van der Waals surface area contributed by atoms with E-state index in [2.05, 4.69) is 25.0 Å². The molecule has 0 radical (unpaired) electrons. The number of aromatic nitrogens is 3. The van der Waals surface area contributed by atoms with Gasteiger partial charge in [0.15, 0.2) is 0 Å². The van der Waals surface area contributed by atoms with Crippen molar-refractivity contribution < 1.29 is 18.3 Å². The largest absolute Gasteiger partial charge is 0.469 e. The maximum absolute atomic E-state index is 14.2. The molecule has 0 amide bonds. The number of carbonyl (C=O) groups is 1. The van der Waals surface area contributed by atoms with E-state index < -0.39 is 11.8 Å². The summed E-state index contributed by atoms with van der Waals surface area (Å²) in [6, 6.07) is 7.14. The molecule has 3 rings (SSSR count). The Morgan fingerprint density at radius 2 is 1.90 bits per heavy atom. The normalized spacial score (nSPS) is 11.7. The average molecular weight is 398 g/mol. The van der Waals surface area contributed by atoms with Crippen LogP contribution in [0, 0.1) is 11.6 Å². The molecule has 0 fully saturated rings. The predicted molar refractivity (Wildman–Crippen MR) is 104 cm³/mol. The minimum absolute atomic E-state index is 0.0475. The van der Waals surface area contributed by atoms with Gasteiger partial charge in [0.05, 0.1) is 19.2 Å². The van der Waals surface area contributed by atoms with Gasteiger partial charge >= 0.3 is 5.97 Å². The lowest BCUT2D eigenvalue weighted by Gasteiger charge is -2.14. The molecule has 0 aliphatic heterocycles. The van der Waals surface area contributed by atoms with Gasteiger partial charge in [-0.05, 0) is 36.8 Å². The molecule has 3 aromatic rings. The molecular formula is C21H20F2N4O2. The minimum atomic E-state index is -0.443. The van der Waals surface area contributed by atoms with Crippen LogP contribution < -0.4 is 5.32 Å². The van der Waals surface area contributed by atoms with Crippen molar-refractivity contribution in [3.63, 3.8) is 0 Å². The van der Waals surface area contributed by atoms with Crippen LogP contribution in [0.2, 0.25) is 0 Å². The molecule has 0 spiro atoms. The maximum Gasteiger partial charge on any atom is 0.309 e. The molecule has 6 nitrogen and oxygen atoms in total. The quantitative estimate of drug-likeness (QED) is 0.613.